The molecular weight excluding hydrogens is 300 g/mol. The van der Waals surface area contributed by atoms with Gasteiger partial charge in [0, 0.05) is 17.2 Å². The predicted molar refractivity (Wildman–Crippen MR) is 71.4 cm³/mol. The summed E-state index contributed by atoms with van der Waals surface area (Å²) in [6, 6.07) is 1.65. The quantitative estimate of drug-likeness (QED) is 0.752. The standard InChI is InChI=1S/C12H17BrN2O3/c1-7(2)3-8(12(17)18)5-15-11(16)10-4-9(13)6-14-10/h4,6-8,14H,3,5H2,1-2H3,(H,15,16)(H,17,18). The summed E-state index contributed by atoms with van der Waals surface area (Å²) in [5.41, 5.74) is 0.413. The van der Waals surface area contributed by atoms with Gasteiger partial charge in [-0.15, -0.1) is 0 Å². The van der Waals surface area contributed by atoms with Gasteiger partial charge in [0.25, 0.3) is 5.91 Å². The molecule has 100 valence electrons. The summed E-state index contributed by atoms with van der Waals surface area (Å²) < 4.78 is 0.782. The molecule has 0 aromatic carbocycles. The average molecular weight is 317 g/mol. The maximum atomic E-state index is 11.7. The number of carbonyl (C=O) groups excluding carboxylic acids is 1. The van der Waals surface area contributed by atoms with E-state index in [1.807, 2.05) is 13.8 Å². The van der Waals surface area contributed by atoms with Crippen LogP contribution in [0.3, 0.4) is 0 Å². The Labute approximate surface area is 114 Å². The van der Waals surface area contributed by atoms with Crippen LogP contribution in [0.25, 0.3) is 0 Å². The van der Waals surface area contributed by atoms with Gasteiger partial charge >= 0.3 is 5.97 Å². The van der Waals surface area contributed by atoms with Crippen molar-refractivity contribution in [2.24, 2.45) is 11.8 Å². The maximum absolute atomic E-state index is 11.7. The van der Waals surface area contributed by atoms with E-state index in [9.17, 15) is 9.59 Å². The Balaban J connectivity index is 2.52. The number of carboxylic acid groups (broad SMARTS) is 1. The minimum Gasteiger partial charge on any atom is -0.481 e. The van der Waals surface area contributed by atoms with Crippen LogP contribution in [0.1, 0.15) is 30.8 Å². The van der Waals surface area contributed by atoms with Crippen molar-refractivity contribution in [3.05, 3.63) is 22.4 Å². The molecule has 3 N–H and O–H groups in total. The second-order valence-electron chi connectivity index (χ2n) is 4.61. The number of aromatic amines is 1. The van der Waals surface area contributed by atoms with Gasteiger partial charge in [-0.1, -0.05) is 13.8 Å². The Morgan fingerprint density at radius 2 is 2.17 bits per heavy atom. The fraction of sp³-hybridized carbons (Fsp3) is 0.500. The summed E-state index contributed by atoms with van der Waals surface area (Å²) in [5.74, 6) is -1.44. The molecule has 1 heterocycles. The zero-order valence-corrected chi connectivity index (χ0v) is 12.0. The molecule has 0 radical (unpaired) electrons. The van der Waals surface area contributed by atoms with Crippen LogP contribution >= 0.6 is 15.9 Å². The number of H-pyrrole nitrogens is 1. The number of aromatic nitrogens is 1. The number of carbonyl (C=O) groups is 2. The molecule has 0 aliphatic carbocycles. The zero-order valence-electron chi connectivity index (χ0n) is 10.4. The molecule has 0 saturated carbocycles. The SMILES string of the molecule is CC(C)CC(CNC(=O)c1cc(Br)c[nH]1)C(=O)O. The van der Waals surface area contributed by atoms with Gasteiger partial charge in [-0.25, -0.2) is 0 Å². The topological polar surface area (TPSA) is 82.2 Å². The first-order valence-electron chi connectivity index (χ1n) is 5.75. The van der Waals surface area contributed by atoms with Crippen molar-refractivity contribution >= 4 is 27.8 Å². The summed E-state index contributed by atoms with van der Waals surface area (Å²) >= 11 is 3.23. The molecule has 0 saturated heterocycles. The van der Waals surface area contributed by atoms with E-state index in [0.717, 1.165) is 4.47 Å². The van der Waals surface area contributed by atoms with Crippen LogP contribution < -0.4 is 5.32 Å². The molecule has 1 rings (SSSR count). The van der Waals surface area contributed by atoms with E-state index in [1.54, 1.807) is 12.3 Å². The lowest BCUT2D eigenvalue weighted by atomic mass is 9.97. The van der Waals surface area contributed by atoms with Crippen LogP contribution in [0.2, 0.25) is 0 Å². The second-order valence-corrected chi connectivity index (χ2v) is 5.52. The monoisotopic (exact) mass is 316 g/mol. The largest absolute Gasteiger partial charge is 0.481 e. The average Bonchev–Trinajstić information content (AvgIpc) is 2.69. The zero-order chi connectivity index (χ0) is 13.7. The maximum Gasteiger partial charge on any atom is 0.308 e. The number of hydrogen-bond acceptors (Lipinski definition) is 2. The van der Waals surface area contributed by atoms with Crippen molar-refractivity contribution < 1.29 is 14.7 Å². The van der Waals surface area contributed by atoms with E-state index in [4.69, 9.17) is 5.11 Å². The van der Waals surface area contributed by atoms with Crippen LogP contribution in [0, 0.1) is 11.8 Å². The predicted octanol–water partition coefficient (Wildman–Crippen LogP) is 2.25. The fourth-order valence-corrected chi connectivity index (χ4v) is 1.99. The highest BCUT2D eigenvalue weighted by Crippen LogP contribution is 2.13. The van der Waals surface area contributed by atoms with E-state index in [1.165, 1.54) is 0 Å². The van der Waals surface area contributed by atoms with Crippen LogP contribution in [-0.4, -0.2) is 28.5 Å². The highest BCUT2D eigenvalue weighted by atomic mass is 79.9. The van der Waals surface area contributed by atoms with Crippen LogP contribution in [0.5, 0.6) is 0 Å². The first-order chi connectivity index (χ1) is 8.40. The molecule has 1 aromatic heterocycles. The van der Waals surface area contributed by atoms with Crippen molar-refractivity contribution in [1.29, 1.82) is 0 Å². The third kappa shape index (κ3) is 4.52. The van der Waals surface area contributed by atoms with Crippen molar-refractivity contribution in [3.63, 3.8) is 0 Å². The van der Waals surface area contributed by atoms with E-state index in [2.05, 4.69) is 26.2 Å². The van der Waals surface area contributed by atoms with Gasteiger partial charge in [0.05, 0.1) is 5.92 Å². The van der Waals surface area contributed by atoms with Crippen LogP contribution in [-0.2, 0) is 4.79 Å². The van der Waals surface area contributed by atoms with Gasteiger partial charge in [0.15, 0.2) is 0 Å². The summed E-state index contributed by atoms with van der Waals surface area (Å²) in [6.07, 6.45) is 2.20. The number of hydrogen-bond donors (Lipinski definition) is 3. The third-order valence-electron chi connectivity index (χ3n) is 2.51. The lowest BCUT2D eigenvalue weighted by Gasteiger charge is -2.15. The van der Waals surface area contributed by atoms with Gasteiger partial charge in [-0.3, -0.25) is 9.59 Å². The highest BCUT2D eigenvalue weighted by molar-refractivity contribution is 9.10. The first-order valence-corrected chi connectivity index (χ1v) is 6.54. The van der Waals surface area contributed by atoms with Crippen LogP contribution in [0.15, 0.2) is 16.7 Å². The van der Waals surface area contributed by atoms with E-state index < -0.39 is 11.9 Å². The lowest BCUT2D eigenvalue weighted by molar-refractivity contribution is -0.142. The molecule has 18 heavy (non-hydrogen) atoms. The summed E-state index contributed by atoms with van der Waals surface area (Å²) in [4.78, 5) is 25.5. The molecule has 6 heteroatoms. The molecule has 0 aliphatic heterocycles. The van der Waals surface area contributed by atoms with Crippen molar-refractivity contribution in [1.82, 2.24) is 10.3 Å². The fourth-order valence-electron chi connectivity index (χ4n) is 1.65. The molecule has 1 aromatic rings. The first kappa shape index (κ1) is 14.8. The Morgan fingerprint density at radius 1 is 1.50 bits per heavy atom. The molecule has 0 fully saturated rings. The number of amides is 1. The smallest absolute Gasteiger partial charge is 0.308 e. The minimum atomic E-state index is -0.878. The molecule has 1 atom stereocenters. The third-order valence-corrected chi connectivity index (χ3v) is 2.96. The Morgan fingerprint density at radius 3 is 2.61 bits per heavy atom. The second kappa shape index (κ2) is 6.58. The minimum absolute atomic E-state index is 0.142. The van der Waals surface area contributed by atoms with Crippen molar-refractivity contribution in [2.45, 2.75) is 20.3 Å². The van der Waals surface area contributed by atoms with E-state index in [0.29, 0.717) is 12.1 Å². The number of halogens is 1. The molecule has 1 unspecified atom stereocenters. The van der Waals surface area contributed by atoms with Crippen LogP contribution in [0.4, 0.5) is 0 Å². The Kier molecular flexibility index (Phi) is 5.40. The van der Waals surface area contributed by atoms with Gasteiger partial charge in [0.1, 0.15) is 5.69 Å². The van der Waals surface area contributed by atoms with E-state index in [-0.39, 0.29) is 18.4 Å². The van der Waals surface area contributed by atoms with Gasteiger partial charge in [0.2, 0.25) is 0 Å². The number of carboxylic acids is 1. The normalized spacial score (nSPS) is 12.4. The van der Waals surface area contributed by atoms with Gasteiger partial charge in [-0.05, 0) is 34.3 Å². The van der Waals surface area contributed by atoms with E-state index >= 15 is 0 Å². The van der Waals surface area contributed by atoms with Crippen molar-refractivity contribution in [3.8, 4) is 0 Å². The molecule has 5 nitrogen and oxygen atoms in total. The molecular formula is C12H17BrN2O3. The summed E-state index contributed by atoms with van der Waals surface area (Å²) in [6.45, 7) is 4.06. The lowest BCUT2D eigenvalue weighted by Crippen LogP contribution is -2.33. The Bertz CT molecular complexity index is 429. The highest BCUT2D eigenvalue weighted by Gasteiger charge is 2.20. The summed E-state index contributed by atoms with van der Waals surface area (Å²) in [7, 11) is 0. The number of aliphatic carboxylic acids is 1. The number of rotatable bonds is 6. The van der Waals surface area contributed by atoms with Gasteiger partial charge in [-0.2, -0.15) is 0 Å². The molecule has 1 amide bonds. The summed E-state index contributed by atoms with van der Waals surface area (Å²) in [5, 5.41) is 11.7. The van der Waals surface area contributed by atoms with Gasteiger partial charge < -0.3 is 15.4 Å². The molecule has 0 bridgehead atoms. The molecule has 0 aliphatic rings. The molecule has 0 spiro atoms. The number of nitrogens with one attached hydrogen (secondary N) is 2. The van der Waals surface area contributed by atoms with Crippen molar-refractivity contribution in [2.75, 3.05) is 6.54 Å². The Hall–Kier alpha value is -1.30.